The first-order chi connectivity index (χ1) is 10.9. The lowest BCUT2D eigenvalue weighted by atomic mass is 10.3. The van der Waals surface area contributed by atoms with E-state index in [1.807, 2.05) is 41.3 Å². The van der Waals surface area contributed by atoms with Crippen LogP contribution < -0.4 is 5.32 Å². The number of aromatic nitrogens is 6. The number of fused-ring (bicyclic) bond motifs is 1. The summed E-state index contributed by atoms with van der Waals surface area (Å²) in [6.07, 6.45) is 12.7. The van der Waals surface area contributed by atoms with Crippen LogP contribution in [0.3, 0.4) is 0 Å². The summed E-state index contributed by atoms with van der Waals surface area (Å²) in [5.74, 6) is 0.737. The van der Waals surface area contributed by atoms with Gasteiger partial charge in [0.05, 0.1) is 18.1 Å². The van der Waals surface area contributed by atoms with Crippen LogP contribution in [0.4, 0.5) is 5.82 Å². The Bertz CT molecular complexity index is 881. The maximum Gasteiger partial charge on any atom is 0.180 e. The summed E-state index contributed by atoms with van der Waals surface area (Å²) in [6.45, 7) is 0.647. The molecule has 0 spiro atoms. The van der Waals surface area contributed by atoms with Gasteiger partial charge < -0.3 is 5.32 Å². The Labute approximate surface area is 126 Å². The summed E-state index contributed by atoms with van der Waals surface area (Å²) in [5.41, 5.74) is 3.82. The van der Waals surface area contributed by atoms with E-state index in [1.165, 1.54) is 0 Å². The monoisotopic (exact) mass is 291 g/mol. The van der Waals surface area contributed by atoms with Gasteiger partial charge in [0, 0.05) is 43.1 Å². The molecule has 108 valence electrons. The van der Waals surface area contributed by atoms with Gasteiger partial charge in [0.25, 0.3) is 0 Å². The Morgan fingerprint density at radius 1 is 1.14 bits per heavy atom. The number of anilines is 1. The average Bonchev–Trinajstić information content (AvgIpc) is 3.22. The fourth-order valence-corrected chi connectivity index (χ4v) is 2.34. The highest BCUT2D eigenvalue weighted by molar-refractivity contribution is 5.69. The molecule has 0 unspecified atom stereocenters. The third-order valence-electron chi connectivity index (χ3n) is 3.40. The molecule has 0 aliphatic carbocycles. The molecule has 22 heavy (non-hydrogen) atoms. The minimum Gasteiger partial charge on any atom is -0.363 e. The molecule has 0 atom stereocenters. The topological polar surface area (TPSA) is 83.8 Å². The van der Waals surface area contributed by atoms with Crippen LogP contribution in [0, 0.1) is 0 Å². The lowest BCUT2D eigenvalue weighted by molar-refractivity contribution is 1.06. The lowest BCUT2D eigenvalue weighted by Gasteiger charge is -2.07. The Kier molecular flexibility index (Phi) is 3.01. The summed E-state index contributed by atoms with van der Waals surface area (Å²) in [6, 6.07) is 3.93. The van der Waals surface area contributed by atoms with Crippen molar-refractivity contribution in [2.24, 2.45) is 0 Å². The van der Waals surface area contributed by atoms with Crippen LogP contribution in [0.25, 0.3) is 16.9 Å². The van der Waals surface area contributed by atoms with E-state index >= 15 is 0 Å². The number of aromatic amines is 1. The van der Waals surface area contributed by atoms with Crippen molar-refractivity contribution >= 4 is 11.5 Å². The molecule has 0 fully saturated rings. The second-order valence-electron chi connectivity index (χ2n) is 4.81. The molecule has 0 radical (unpaired) electrons. The second kappa shape index (κ2) is 5.28. The van der Waals surface area contributed by atoms with Crippen LogP contribution in [0.15, 0.2) is 55.5 Å². The van der Waals surface area contributed by atoms with Gasteiger partial charge in [-0.15, -0.1) is 0 Å². The summed E-state index contributed by atoms with van der Waals surface area (Å²) < 4.78 is 1.99. The first-order valence-electron chi connectivity index (χ1n) is 6.86. The summed E-state index contributed by atoms with van der Waals surface area (Å²) in [4.78, 5) is 13.0. The van der Waals surface area contributed by atoms with Gasteiger partial charge in [-0.05, 0) is 11.6 Å². The van der Waals surface area contributed by atoms with Crippen LogP contribution in [0.5, 0.6) is 0 Å². The zero-order chi connectivity index (χ0) is 14.8. The number of rotatable bonds is 4. The van der Waals surface area contributed by atoms with Crippen LogP contribution in [0.1, 0.15) is 5.56 Å². The molecule has 0 aromatic carbocycles. The van der Waals surface area contributed by atoms with Gasteiger partial charge in [-0.2, -0.15) is 5.10 Å². The highest BCUT2D eigenvalue weighted by Gasteiger charge is 2.10. The molecule has 4 heterocycles. The van der Waals surface area contributed by atoms with Gasteiger partial charge in [0.1, 0.15) is 0 Å². The SMILES string of the molecule is c1cncc(CNc2nccn3c(-c4cn[nH]c4)cnc23)c1. The fraction of sp³-hybridized carbons (Fsp3) is 0.0667. The van der Waals surface area contributed by atoms with Crippen molar-refractivity contribution in [3.8, 4) is 11.3 Å². The van der Waals surface area contributed by atoms with Crippen molar-refractivity contribution in [1.29, 1.82) is 0 Å². The van der Waals surface area contributed by atoms with E-state index in [-0.39, 0.29) is 0 Å². The van der Waals surface area contributed by atoms with Gasteiger partial charge >= 0.3 is 0 Å². The van der Waals surface area contributed by atoms with Crippen LogP contribution in [-0.2, 0) is 6.54 Å². The number of H-pyrrole nitrogens is 1. The third kappa shape index (κ3) is 2.18. The van der Waals surface area contributed by atoms with Gasteiger partial charge in [0.2, 0.25) is 0 Å². The van der Waals surface area contributed by atoms with E-state index in [2.05, 4.69) is 30.5 Å². The molecule has 0 saturated carbocycles. The van der Waals surface area contributed by atoms with E-state index in [9.17, 15) is 0 Å². The van der Waals surface area contributed by atoms with Gasteiger partial charge in [-0.3, -0.25) is 14.5 Å². The predicted octanol–water partition coefficient (Wildman–Crippen LogP) is 2.13. The number of hydrogen-bond donors (Lipinski definition) is 2. The number of nitrogens with one attached hydrogen (secondary N) is 2. The largest absolute Gasteiger partial charge is 0.363 e. The zero-order valence-electron chi connectivity index (χ0n) is 11.6. The first kappa shape index (κ1) is 12.5. The summed E-state index contributed by atoms with van der Waals surface area (Å²) in [5, 5.41) is 10.1. The van der Waals surface area contributed by atoms with Crippen LogP contribution in [-0.4, -0.2) is 29.5 Å². The number of pyridine rings is 1. The highest BCUT2D eigenvalue weighted by Crippen LogP contribution is 2.22. The number of imidazole rings is 1. The standard InChI is InChI=1S/C15H13N7/c1-2-11(6-16-3-1)7-18-14-15-19-10-13(12-8-20-21-9-12)22(15)5-4-17-14/h1-6,8-10H,7H2,(H,17,18)(H,20,21). The maximum absolute atomic E-state index is 4.47. The molecule has 0 amide bonds. The normalized spacial score (nSPS) is 10.9. The third-order valence-corrected chi connectivity index (χ3v) is 3.40. The van der Waals surface area contributed by atoms with E-state index < -0.39 is 0 Å². The van der Waals surface area contributed by atoms with Gasteiger partial charge in [-0.1, -0.05) is 6.07 Å². The Morgan fingerprint density at radius 2 is 2.14 bits per heavy atom. The molecule has 7 heteroatoms. The number of nitrogens with zero attached hydrogens (tertiary/aromatic N) is 5. The van der Waals surface area contributed by atoms with Crippen LogP contribution >= 0.6 is 0 Å². The molecule has 4 aromatic heterocycles. The van der Waals surface area contributed by atoms with E-state index in [0.29, 0.717) is 6.54 Å². The molecule has 4 aromatic rings. The average molecular weight is 291 g/mol. The molecule has 0 saturated heterocycles. The molecule has 0 aliphatic rings. The molecule has 0 aliphatic heterocycles. The summed E-state index contributed by atoms with van der Waals surface area (Å²) in [7, 11) is 0. The minimum atomic E-state index is 0.647. The van der Waals surface area contributed by atoms with E-state index in [4.69, 9.17) is 0 Å². The molecular weight excluding hydrogens is 278 g/mol. The Balaban J connectivity index is 1.67. The predicted molar refractivity (Wildman–Crippen MR) is 82.1 cm³/mol. The first-order valence-corrected chi connectivity index (χ1v) is 6.86. The van der Waals surface area contributed by atoms with Crippen LogP contribution in [0.2, 0.25) is 0 Å². The quantitative estimate of drug-likeness (QED) is 0.601. The Hall–Kier alpha value is -3.22. The summed E-state index contributed by atoms with van der Waals surface area (Å²) >= 11 is 0. The minimum absolute atomic E-state index is 0.647. The van der Waals surface area contributed by atoms with Crippen molar-refractivity contribution < 1.29 is 0 Å². The second-order valence-corrected chi connectivity index (χ2v) is 4.81. The molecular formula is C15H13N7. The fourth-order valence-electron chi connectivity index (χ4n) is 2.34. The van der Waals surface area contributed by atoms with E-state index in [0.717, 1.165) is 28.3 Å². The van der Waals surface area contributed by atoms with Crippen molar-refractivity contribution in [2.75, 3.05) is 5.32 Å². The molecule has 0 bridgehead atoms. The van der Waals surface area contributed by atoms with E-state index in [1.54, 1.807) is 18.6 Å². The Morgan fingerprint density at radius 3 is 2.95 bits per heavy atom. The number of hydrogen-bond acceptors (Lipinski definition) is 5. The van der Waals surface area contributed by atoms with Gasteiger partial charge in [-0.25, -0.2) is 9.97 Å². The molecule has 2 N–H and O–H groups in total. The van der Waals surface area contributed by atoms with Crippen molar-refractivity contribution in [3.05, 3.63) is 61.1 Å². The lowest BCUT2D eigenvalue weighted by Crippen LogP contribution is -2.04. The van der Waals surface area contributed by atoms with Crippen molar-refractivity contribution in [2.45, 2.75) is 6.54 Å². The van der Waals surface area contributed by atoms with Crippen molar-refractivity contribution in [3.63, 3.8) is 0 Å². The van der Waals surface area contributed by atoms with Crippen molar-refractivity contribution in [1.82, 2.24) is 29.5 Å². The molecule has 7 nitrogen and oxygen atoms in total. The zero-order valence-corrected chi connectivity index (χ0v) is 11.6. The highest BCUT2D eigenvalue weighted by atomic mass is 15.1. The maximum atomic E-state index is 4.47. The van der Waals surface area contributed by atoms with Gasteiger partial charge in [0.15, 0.2) is 11.5 Å². The smallest absolute Gasteiger partial charge is 0.180 e. The molecule has 4 rings (SSSR count).